The molecule has 1 atom stereocenters. The maximum absolute atomic E-state index is 13.7. The van der Waals surface area contributed by atoms with Crippen LogP contribution in [-0.2, 0) is 21.6 Å². The second-order valence-electron chi connectivity index (χ2n) is 6.71. The van der Waals surface area contributed by atoms with E-state index >= 15 is 0 Å². The van der Waals surface area contributed by atoms with Gasteiger partial charge in [-0.25, -0.2) is 0 Å². The van der Waals surface area contributed by atoms with Gasteiger partial charge in [0, 0.05) is 24.3 Å². The van der Waals surface area contributed by atoms with Crippen LogP contribution in [0.5, 0.6) is 0 Å². The van der Waals surface area contributed by atoms with Crippen LogP contribution in [0.15, 0.2) is 54.6 Å². The monoisotopic (exact) mass is 336 g/mol. The van der Waals surface area contributed by atoms with E-state index < -0.39 is 5.54 Å². The third kappa shape index (κ3) is 2.57. The van der Waals surface area contributed by atoms with E-state index in [9.17, 15) is 4.79 Å². The number of nitrogens with zero attached hydrogens (tertiary/aromatic N) is 2. The molecule has 0 aromatic heterocycles. The zero-order valence-corrected chi connectivity index (χ0v) is 14.6. The fourth-order valence-corrected chi connectivity index (χ4v) is 4.25. The average Bonchev–Trinajstić information content (AvgIpc) is 2.92. The predicted octanol–water partition coefficient (Wildman–Crippen LogP) is 3.17. The van der Waals surface area contributed by atoms with E-state index in [0.717, 1.165) is 36.3 Å². The normalized spacial score (nSPS) is 23.7. The number of amides is 1. The summed E-state index contributed by atoms with van der Waals surface area (Å²) in [6, 6.07) is 18.5. The smallest absolute Gasteiger partial charge is 0.252 e. The minimum absolute atomic E-state index is 0.196. The number of anilines is 1. The van der Waals surface area contributed by atoms with Gasteiger partial charge in [-0.15, -0.1) is 0 Å². The molecule has 1 saturated heterocycles. The number of hydrogen-bond acceptors (Lipinski definition) is 3. The van der Waals surface area contributed by atoms with E-state index in [2.05, 4.69) is 36.1 Å². The number of para-hydroxylation sites is 1. The van der Waals surface area contributed by atoms with Crippen LogP contribution in [-0.4, -0.2) is 37.1 Å². The number of hydrogen-bond donors (Lipinski definition) is 0. The minimum Gasteiger partial charge on any atom is -0.379 e. The Hall–Kier alpha value is -2.17. The zero-order chi connectivity index (χ0) is 17.3. The molecule has 4 heteroatoms. The number of rotatable bonds is 4. The summed E-state index contributed by atoms with van der Waals surface area (Å²) in [7, 11) is 0. The van der Waals surface area contributed by atoms with Crippen molar-refractivity contribution in [2.24, 2.45) is 0 Å². The van der Waals surface area contributed by atoms with Crippen molar-refractivity contribution in [1.29, 1.82) is 0 Å². The van der Waals surface area contributed by atoms with Crippen molar-refractivity contribution in [3.8, 4) is 0 Å². The highest BCUT2D eigenvalue weighted by atomic mass is 16.5. The van der Waals surface area contributed by atoms with Crippen LogP contribution in [0.2, 0.25) is 0 Å². The molecule has 1 amide bonds. The van der Waals surface area contributed by atoms with Gasteiger partial charge in [-0.05, 0) is 18.1 Å². The second kappa shape index (κ2) is 6.62. The standard InChI is InChI=1S/C21H24N2O2/c1-2-21(22-12-14-25-15-13-22)18-10-6-7-11-19(18)23(20(21)24)16-17-8-4-3-5-9-17/h3-11H,2,12-16H2,1H3. The Morgan fingerprint density at radius 1 is 1.00 bits per heavy atom. The fourth-order valence-electron chi connectivity index (χ4n) is 4.25. The molecule has 2 aliphatic rings. The number of fused-ring (bicyclic) bond motifs is 1. The number of morpholine rings is 1. The first-order chi connectivity index (χ1) is 12.3. The van der Waals surface area contributed by atoms with Gasteiger partial charge in [0.25, 0.3) is 5.91 Å². The Labute approximate surface area is 149 Å². The van der Waals surface area contributed by atoms with Crippen LogP contribution >= 0.6 is 0 Å². The highest BCUT2D eigenvalue weighted by molar-refractivity contribution is 6.07. The number of carbonyl (C=O) groups excluding carboxylic acids is 1. The number of ether oxygens (including phenoxy) is 1. The maximum atomic E-state index is 13.7. The van der Waals surface area contributed by atoms with Crippen molar-refractivity contribution in [3.05, 3.63) is 65.7 Å². The molecule has 4 nitrogen and oxygen atoms in total. The molecule has 2 aromatic carbocycles. The maximum Gasteiger partial charge on any atom is 0.252 e. The van der Waals surface area contributed by atoms with Crippen LogP contribution < -0.4 is 4.90 Å². The summed E-state index contributed by atoms with van der Waals surface area (Å²) >= 11 is 0. The Balaban J connectivity index is 1.77. The lowest BCUT2D eigenvalue weighted by Crippen LogP contribution is -2.56. The quantitative estimate of drug-likeness (QED) is 0.860. The van der Waals surface area contributed by atoms with E-state index in [1.807, 2.05) is 35.2 Å². The number of benzene rings is 2. The molecule has 4 rings (SSSR count). The van der Waals surface area contributed by atoms with Crippen molar-refractivity contribution in [2.45, 2.75) is 25.4 Å². The molecule has 0 saturated carbocycles. The Bertz CT molecular complexity index is 756. The lowest BCUT2D eigenvalue weighted by Gasteiger charge is -2.41. The van der Waals surface area contributed by atoms with Gasteiger partial charge >= 0.3 is 0 Å². The van der Waals surface area contributed by atoms with E-state index in [1.165, 1.54) is 0 Å². The molecule has 0 bridgehead atoms. The fraction of sp³-hybridized carbons (Fsp3) is 0.381. The highest BCUT2D eigenvalue weighted by Crippen LogP contribution is 2.46. The molecule has 0 spiro atoms. The van der Waals surface area contributed by atoms with Gasteiger partial charge in [-0.3, -0.25) is 9.69 Å². The van der Waals surface area contributed by atoms with E-state index in [-0.39, 0.29) is 5.91 Å². The molecule has 1 unspecified atom stereocenters. The highest BCUT2D eigenvalue weighted by Gasteiger charge is 2.53. The molecule has 130 valence electrons. The van der Waals surface area contributed by atoms with Gasteiger partial charge in [-0.2, -0.15) is 0 Å². The van der Waals surface area contributed by atoms with Crippen molar-refractivity contribution in [2.75, 3.05) is 31.2 Å². The summed E-state index contributed by atoms with van der Waals surface area (Å²) in [5.41, 5.74) is 2.78. The first-order valence-electron chi connectivity index (χ1n) is 9.05. The lowest BCUT2D eigenvalue weighted by molar-refractivity contribution is -0.134. The van der Waals surface area contributed by atoms with Crippen LogP contribution in [0, 0.1) is 0 Å². The third-order valence-corrected chi connectivity index (χ3v) is 5.49. The average molecular weight is 336 g/mol. The molecule has 25 heavy (non-hydrogen) atoms. The molecular weight excluding hydrogens is 312 g/mol. The summed E-state index contributed by atoms with van der Waals surface area (Å²) < 4.78 is 5.53. The van der Waals surface area contributed by atoms with Crippen molar-refractivity contribution >= 4 is 11.6 Å². The molecule has 0 N–H and O–H groups in total. The summed E-state index contributed by atoms with van der Waals surface area (Å²) in [5.74, 6) is 0.196. The summed E-state index contributed by atoms with van der Waals surface area (Å²) in [5, 5.41) is 0. The first-order valence-corrected chi connectivity index (χ1v) is 9.05. The van der Waals surface area contributed by atoms with Crippen LogP contribution in [0.25, 0.3) is 0 Å². The summed E-state index contributed by atoms with van der Waals surface area (Å²) in [6.07, 6.45) is 0.772. The van der Waals surface area contributed by atoms with E-state index in [4.69, 9.17) is 4.74 Å². The summed E-state index contributed by atoms with van der Waals surface area (Å²) in [6.45, 7) is 5.71. The van der Waals surface area contributed by atoms with Crippen LogP contribution in [0.4, 0.5) is 5.69 Å². The molecular formula is C21H24N2O2. The molecule has 2 aromatic rings. The van der Waals surface area contributed by atoms with Gasteiger partial charge in [-0.1, -0.05) is 55.5 Å². The van der Waals surface area contributed by atoms with Crippen LogP contribution in [0.3, 0.4) is 0 Å². The zero-order valence-electron chi connectivity index (χ0n) is 14.6. The lowest BCUT2D eigenvalue weighted by atomic mass is 9.86. The topological polar surface area (TPSA) is 32.8 Å². The molecule has 2 aliphatic heterocycles. The van der Waals surface area contributed by atoms with Gasteiger partial charge in [0.2, 0.25) is 0 Å². The van der Waals surface area contributed by atoms with E-state index in [1.54, 1.807) is 0 Å². The second-order valence-corrected chi connectivity index (χ2v) is 6.71. The molecule has 1 fully saturated rings. The van der Waals surface area contributed by atoms with Gasteiger partial charge < -0.3 is 9.64 Å². The minimum atomic E-state index is -0.560. The third-order valence-electron chi connectivity index (χ3n) is 5.49. The van der Waals surface area contributed by atoms with Crippen molar-refractivity contribution in [3.63, 3.8) is 0 Å². The predicted molar refractivity (Wildman–Crippen MR) is 98.4 cm³/mol. The Kier molecular flexibility index (Phi) is 4.32. The number of carbonyl (C=O) groups is 1. The Morgan fingerprint density at radius 3 is 2.40 bits per heavy atom. The van der Waals surface area contributed by atoms with Crippen molar-refractivity contribution < 1.29 is 9.53 Å². The Morgan fingerprint density at radius 2 is 1.68 bits per heavy atom. The first kappa shape index (κ1) is 16.3. The largest absolute Gasteiger partial charge is 0.379 e. The SMILES string of the molecule is CCC1(N2CCOCC2)C(=O)N(Cc2ccccc2)c2ccccc21. The van der Waals surface area contributed by atoms with Gasteiger partial charge in [0.1, 0.15) is 5.54 Å². The summed E-state index contributed by atoms with van der Waals surface area (Å²) in [4.78, 5) is 17.9. The van der Waals surface area contributed by atoms with Crippen LogP contribution in [0.1, 0.15) is 24.5 Å². The van der Waals surface area contributed by atoms with E-state index in [0.29, 0.717) is 19.8 Å². The molecule has 0 radical (unpaired) electrons. The van der Waals surface area contributed by atoms with Gasteiger partial charge in [0.15, 0.2) is 0 Å². The van der Waals surface area contributed by atoms with Crippen molar-refractivity contribution in [1.82, 2.24) is 4.90 Å². The molecule has 2 heterocycles. The molecule has 0 aliphatic carbocycles. The van der Waals surface area contributed by atoms with Gasteiger partial charge in [0.05, 0.1) is 19.8 Å².